The molecule has 0 bridgehead atoms. The Morgan fingerprint density at radius 3 is 2.50 bits per heavy atom. The lowest BCUT2D eigenvalue weighted by molar-refractivity contribution is 0.0962. The van der Waals surface area contributed by atoms with E-state index in [0.717, 1.165) is 49.5 Å². The Labute approximate surface area is 153 Å². The quantitative estimate of drug-likeness (QED) is 0.781. The number of rotatable bonds is 4. The third-order valence-corrected chi connectivity index (χ3v) is 5.19. The molecule has 134 valence electrons. The number of nitrogen functional groups attached to an aromatic ring is 1. The summed E-state index contributed by atoms with van der Waals surface area (Å²) in [5, 5.41) is 0.923. The lowest BCUT2D eigenvalue weighted by Gasteiger charge is -2.38. The molecule has 1 fully saturated rings. The Morgan fingerprint density at radius 1 is 1.00 bits per heavy atom. The monoisotopic (exact) mass is 348 g/mol. The van der Waals surface area contributed by atoms with Crippen LogP contribution in [-0.2, 0) is 6.54 Å². The van der Waals surface area contributed by atoms with Gasteiger partial charge in [-0.25, -0.2) is 9.97 Å². The molecule has 2 aromatic heterocycles. The molecular weight excluding hydrogens is 324 g/mol. The molecule has 4 rings (SSSR count). The van der Waals surface area contributed by atoms with Crippen molar-refractivity contribution in [3.05, 3.63) is 60.2 Å². The van der Waals surface area contributed by atoms with Crippen molar-refractivity contribution >= 4 is 16.7 Å². The maximum absolute atomic E-state index is 6.11. The Kier molecular flexibility index (Phi) is 4.77. The average Bonchev–Trinajstić information content (AvgIpc) is 2.69. The topological polar surface area (TPSA) is 71.2 Å². The van der Waals surface area contributed by atoms with Crippen molar-refractivity contribution < 1.29 is 0 Å². The SMILES string of the molecule is C[C@H](c1ccncc1)N1CCN(Cc2nc(N)c3ccccc3n2)CC1. The zero-order chi connectivity index (χ0) is 17.9. The number of hydrogen-bond donors (Lipinski definition) is 1. The van der Waals surface area contributed by atoms with Gasteiger partial charge in [0.25, 0.3) is 0 Å². The fourth-order valence-electron chi connectivity index (χ4n) is 3.58. The average molecular weight is 348 g/mol. The van der Waals surface area contributed by atoms with E-state index >= 15 is 0 Å². The number of benzene rings is 1. The van der Waals surface area contributed by atoms with E-state index in [2.05, 4.69) is 43.8 Å². The predicted molar refractivity (Wildman–Crippen MR) is 103 cm³/mol. The van der Waals surface area contributed by atoms with Crippen molar-refractivity contribution in [2.24, 2.45) is 0 Å². The molecule has 0 aliphatic carbocycles. The Hall–Kier alpha value is -2.57. The molecule has 1 saturated heterocycles. The number of nitrogens with zero attached hydrogens (tertiary/aromatic N) is 5. The van der Waals surface area contributed by atoms with Crippen molar-refractivity contribution in [2.75, 3.05) is 31.9 Å². The predicted octanol–water partition coefficient (Wildman–Crippen LogP) is 2.49. The maximum atomic E-state index is 6.11. The zero-order valence-corrected chi connectivity index (χ0v) is 15.0. The largest absolute Gasteiger partial charge is 0.383 e. The first-order valence-corrected chi connectivity index (χ1v) is 9.08. The summed E-state index contributed by atoms with van der Waals surface area (Å²) in [6.07, 6.45) is 3.73. The van der Waals surface area contributed by atoms with Crippen LogP contribution in [0.3, 0.4) is 0 Å². The molecule has 0 spiro atoms. The standard InChI is InChI=1S/C20H24N6/c1-15(16-6-8-22-9-7-16)26-12-10-25(11-13-26)14-19-23-18-5-3-2-4-17(18)20(21)24-19/h2-9,15H,10-14H2,1H3,(H2,21,23,24)/t15-/m1/s1. The molecule has 1 aliphatic rings. The highest BCUT2D eigenvalue weighted by Gasteiger charge is 2.22. The second-order valence-electron chi connectivity index (χ2n) is 6.81. The first-order valence-electron chi connectivity index (χ1n) is 9.08. The first-order chi connectivity index (χ1) is 12.7. The number of aromatic nitrogens is 3. The van der Waals surface area contributed by atoms with Crippen LogP contribution in [0, 0.1) is 0 Å². The van der Waals surface area contributed by atoms with Crippen molar-refractivity contribution in [3.63, 3.8) is 0 Å². The summed E-state index contributed by atoms with van der Waals surface area (Å²) in [7, 11) is 0. The van der Waals surface area contributed by atoms with Gasteiger partial charge in [-0.05, 0) is 36.8 Å². The lowest BCUT2D eigenvalue weighted by Crippen LogP contribution is -2.46. The smallest absolute Gasteiger partial charge is 0.145 e. The molecule has 0 saturated carbocycles. The summed E-state index contributed by atoms with van der Waals surface area (Å²) in [6, 6.07) is 12.5. The van der Waals surface area contributed by atoms with Gasteiger partial charge in [0.1, 0.15) is 11.6 Å². The van der Waals surface area contributed by atoms with E-state index in [9.17, 15) is 0 Å². The van der Waals surface area contributed by atoms with E-state index in [0.29, 0.717) is 11.9 Å². The second kappa shape index (κ2) is 7.35. The van der Waals surface area contributed by atoms with Gasteiger partial charge in [0.15, 0.2) is 0 Å². The molecule has 2 N–H and O–H groups in total. The van der Waals surface area contributed by atoms with Gasteiger partial charge in [-0.3, -0.25) is 14.8 Å². The van der Waals surface area contributed by atoms with Crippen molar-refractivity contribution in [1.29, 1.82) is 0 Å². The van der Waals surface area contributed by atoms with E-state index in [4.69, 9.17) is 5.73 Å². The van der Waals surface area contributed by atoms with Crippen LogP contribution in [0.25, 0.3) is 10.9 Å². The summed E-state index contributed by atoms with van der Waals surface area (Å²) in [5.74, 6) is 1.37. The molecule has 6 heteroatoms. The Morgan fingerprint density at radius 2 is 1.73 bits per heavy atom. The minimum atomic E-state index is 0.410. The minimum Gasteiger partial charge on any atom is -0.383 e. The number of anilines is 1. The molecular formula is C20H24N6. The molecule has 0 unspecified atom stereocenters. The Bertz CT molecular complexity index is 874. The highest BCUT2D eigenvalue weighted by molar-refractivity contribution is 5.87. The summed E-state index contributed by atoms with van der Waals surface area (Å²) in [5.41, 5.74) is 8.34. The molecule has 0 amide bonds. The molecule has 1 atom stereocenters. The number of pyridine rings is 1. The van der Waals surface area contributed by atoms with Crippen LogP contribution in [-0.4, -0.2) is 50.9 Å². The van der Waals surface area contributed by atoms with Crippen LogP contribution in [0.2, 0.25) is 0 Å². The van der Waals surface area contributed by atoms with Crippen LogP contribution < -0.4 is 5.73 Å². The van der Waals surface area contributed by atoms with Gasteiger partial charge in [-0.1, -0.05) is 12.1 Å². The van der Waals surface area contributed by atoms with Gasteiger partial charge >= 0.3 is 0 Å². The molecule has 1 aromatic carbocycles. The van der Waals surface area contributed by atoms with Crippen LogP contribution in [0.4, 0.5) is 5.82 Å². The van der Waals surface area contributed by atoms with E-state index < -0.39 is 0 Å². The number of nitrogens with two attached hydrogens (primary N) is 1. The number of para-hydroxylation sites is 1. The van der Waals surface area contributed by atoms with Gasteiger partial charge in [0.05, 0.1) is 12.1 Å². The Balaban J connectivity index is 1.40. The molecule has 3 aromatic rings. The molecule has 1 aliphatic heterocycles. The van der Waals surface area contributed by atoms with E-state index in [1.54, 1.807) is 0 Å². The van der Waals surface area contributed by atoms with Crippen LogP contribution >= 0.6 is 0 Å². The highest BCUT2D eigenvalue weighted by atomic mass is 15.3. The third-order valence-electron chi connectivity index (χ3n) is 5.19. The fraction of sp³-hybridized carbons (Fsp3) is 0.350. The normalized spacial score (nSPS) is 17.4. The van der Waals surface area contributed by atoms with Crippen LogP contribution in [0.15, 0.2) is 48.8 Å². The highest BCUT2D eigenvalue weighted by Crippen LogP contribution is 2.22. The summed E-state index contributed by atoms with van der Waals surface area (Å²) in [6.45, 7) is 7.08. The van der Waals surface area contributed by atoms with Crippen LogP contribution in [0.1, 0.15) is 24.4 Å². The van der Waals surface area contributed by atoms with Gasteiger partial charge in [-0.15, -0.1) is 0 Å². The maximum Gasteiger partial charge on any atom is 0.145 e. The molecule has 0 radical (unpaired) electrons. The van der Waals surface area contributed by atoms with Crippen molar-refractivity contribution in [3.8, 4) is 0 Å². The van der Waals surface area contributed by atoms with Gasteiger partial charge in [0, 0.05) is 50.0 Å². The molecule has 3 heterocycles. The minimum absolute atomic E-state index is 0.410. The summed E-state index contributed by atoms with van der Waals surface area (Å²) >= 11 is 0. The van der Waals surface area contributed by atoms with Crippen LogP contribution in [0.5, 0.6) is 0 Å². The molecule has 26 heavy (non-hydrogen) atoms. The van der Waals surface area contributed by atoms with Gasteiger partial charge in [-0.2, -0.15) is 0 Å². The molecule has 6 nitrogen and oxygen atoms in total. The zero-order valence-electron chi connectivity index (χ0n) is 15.0. The summed E-state index contributed by atoms with van der Waals surface area (Å²) < 4.78 is 0. The van der Waals surface area contributed by atoms with Crippen molar-refractivity contribution in [1.82, 2.24) is 24.8 Å². The number of piperazine rings is 1. The van der Waals surface area contributed by atoms with Crippen molar-refractivity contribution in [2.45, 2.75) is 19.5 Å². The summed E-state index contributed by atoms with van der Waals surface area (Å²) in [4.78, 5) is 18.2. The van der Waals surface area contributed by atoms with Gasteiger partial charge in [0.2, 0.25) is 0 Å². The third kappa shape index (κ3) is 3.52. The fourth-order valence-corrected chi connectivity index (χ4v) is 3.58. The van der Waals surface area contributed by atoms with Gasteiger partial charge < -0.3 is 5.73 Å². The van der Waals surface area contributed by atoms with E-state index in [1.807, 2.05) is 36.7 Å². The second-order valence-corrected chi connectivity index (χ2v) is 6.81. The number of fused-ring (bicyclic) bond motifs is 1. The van der Waals surface area contributed by atoms with E-state index in [-0.39, 0.29) is 0 Å². The number of hydrogen-bond acceptors (Lipinski definition) is 6. The van der Waals surface area contributed by atoms with E-state index in [1.165, 1.54) is 5.56 Å². The lowest BCUT2D eigenvalue weighted by atomic mass is 10.1. The first kappa shape index (κ1) is 16.9.